The van der Waals surface area contributed by atoms with E-state index in [1.807, 2.05) is 18.2 Å². The molecule has 3 rings (SSSR count). The molecular weight excluding hydrogens is 418 g/mol. The van der Waals surface area contributed by atoms with Crippen LogP contribution in [-0.4, -0.2) is 43.3 Å². The Bertz CT molecular complexity index is 771. The monoisotopic (exact) mass is 439 g/mol. The van der Waals surface area contributed by atoms with Crippen molar-refractivity contribution in [3.05, 3.63) is 44.6 Å². The SMILES string of the molecule is COc1cccc(C(c2ccc(Br)s2)N2CCC(C(=O)O)CC2)c1OC. The van der Waals surface area contributed by atoms with E-state index < -0.39 is 5.97 Å². The molecule has 5 nitrogen and oxygen atoms in total. The number of piperidine rings is 1. The van der Waals surface area contributed by atoms with Crippen LogP contribution in [0.15, 0.2) is 34.1 Å². The van der Waals surface area contributed by atoms with Crippen molar-refractivity contribution in [2.24, 2.45) is 5.92 Å². The molecule has 2 aromatic rings. The summed E-state index contributed by atoms with van der Waals surface area (Å²) in [7, 11) is 3.29. The van der Waals surface area contributed by atoms with Gasteiger partial charge in [-0.15, -0.1) is 11.3 Å². The molecule has 0 spiro atoms. The molecule has 7 heteroatoms. The number of thiophene rings is 1. The highest BCUT2D eigenvalue weighted by Gasteiger charge is 2.33. The first-order chi connectivity index (χ1) is 12.5. The number of carbonyl (C=O) groups is 1. The van der Waals surface area contributed by atoms with Gasteiger partial charge in [-0.25, -0.2) is 0 Å². The quantitative estimate of drug-likeness (QED) is 0.721. The van der Waals surface area contributed by atoms with Crippen molar-refractivity contribution in [3.8, 4) is 11.5 Å². The first-order valence-electron chi connectivity index (χ1n) is 8.48. The average Bonchev–Trinajstić information content (AvgIpc) is 3.08. The number of benzene rings is 1. The first kappa shape index (κ1) is 19.2. The molecule has 1 aromatic carbocycles. The van der Waals surface area contributed by atoms with Gasteiger partial charge in [-0.1, -0.05) is 12.1 Å². The van der Waals surface area contributed by atoms with E-state index in [1.165, 1.54) is 4.88 Å². The zero-order valence-electron chi connectivity index (χ0n) is 14.8. The number of rotatable bonds is 6. The summed E-state index contributed by atoms with van der Waals surface area (Å²) in [6.45, 7) is 1.47. The number of likely N-dealkylation sites (tertiary alicyclic amines) is 1. The maximum atomic E-state index is 11.3. The fourth-order valence-corrected chi connectivity index (χ4v) is 5.11. The number of ether oxygens (including phenoxy) is 2. The second-order valence-electron chi connectivity index (χ2n) is 6.28. The van der Waals surface area contributed by atoms with Gasteiger partial charge >= 0.3 is 5.97 Å². The van der Waals surface area contributed by atoms with Gasteiger partial charge < -0.3 is 14.6 Å². The second kappa shape index (κ2) is 8.41. The van der Waals surface area contributed by atoms with Crippen LogP contribution in [-0.2, 0) is 4.79 Å². The van der Waals surface area contributed by atoms with E-state index >= 15 is 0 Å². The Morgan fingerprint density at radius 2 is 1.96 bits per heavy atom. The summed E-state index contributed by atoms with van der Waals surface area (Å²) in [5.74, 6) is 0.476. The fraction of sp³-hybridized carbons (Fsp3) is 0.421. The molecule has 0 saturated carbocycles. The zero-order valence-corrected chi connectivity index (χ0v) is 17.2. The maximum Gasteiger partial charge on any atom is 0.306 e. The highest BCUT2D eigenvalue weighted by molar-refractivity contribution is 9.11. The lowest BCUT2D eigenvalue weighted by molar-refractivity contribution is -0.143. The smallest absolute Gasteiger partial charge is 0.306 e. The molecule has 0 aliphatic carbocycles. The highest BCUT2D eigenvalue weighted by Crippen LogP contribution is 2.43. The van der Waals surface area contributed by atoms with Crippen LogP contribution in [0.3, 0.4) is 0 Å². The molecule has 1 fully saturated rings. The van der Waals surface area contributed by atoms with Gasteiger partial charge in [0.2, 0.25) is 0 Å². The third-order valence-electron chi connectivity index (χ3n) is 4.84. The van der Waals surface area contributed by atoms with E-state index in [9.17, 15) is 9.90 Å². The summed E-state index contributed by atoms with van der Waals surface area (Å²) >= 11 is 5.24. The minimum absolute atomic E-state index is 0.00564. The van der Waals surface area contributed by atoms with Crippen LogP contribution in [0.5, 0.6) is 11.5 Å². The Morgan fingerprint density at radius 1 is 1.23 bits per heavy atom. The molecule has 1 aliphatic heterocycles. The average molecular weight is 440 g/mol. The molecule has 0 bridgehead atoms. The van der Waals surface area contributed by atoms with Crippen molar-refractivity contribution in [2.45, 2.75) is 18.9 Å². The number of hydrogen-bond acceptors (Lipinski definition) is 5. The maximum absolute atomic E-state index is 11.3. The van der Waals surface area contributed by atoms with Crippen molar-refractivity contribution < 1.29 is 19.4 Å². The number of para-hydroxylation sites is 1. The van der Waals surface area contributed by atoms with Gasteiger partial charge in [0.05, 0.1) is 30.0 Å². The van der Waals surface area contributed by atoms with Gasteiger partial charge in [-0.3, -0.25) is 9.69 Å². The number of hydrogen-bond donors (Lipinski definition) is 1. The van der Waals surface area contributed by atoms with Crippen LogP contribution >= 0.6 is 27.3 Å². The molecule has 1 unspecified atom stereocenters. The highest BCUT2D eigenvalue weighted by atomic mass is 79.9. The molecule has 1 aliphatic rings. The van der Waals surface area contributed by atoms with Crippen LogP contribution in [0, 0.1) is 5.92 Å². The number of carboxylic acid groups (broad SMARTS) is 1. The minimum atomic E-state index is -0.695. The Kier molecular flexibility index (Phi) is 6.21. The van der Waals surface area contributed by atoms with Crippen LogP contribution < -0.4 is 9.47 Å². The van der Waals surface area contributed by atoms with Crippen LogP contribution in [0.25, 0.3) is 0 Å². The normalized spacial score (nSPS) is 17.0. The van der Waals surface area contributed by atoms with Gasteiger partial charge in [-0.2, -0.15) is 0 Å². The third kappa shape index (κ3) is 3.89. The minimum Gasteiger partial charge on any atom is -0.493 e. The fourth-order valence-electron chi connectivity index (χ4n) is 3.54. The number of nitrogens with zero attached hydrogens (tertiary/aromatic N) is 1. The van der Waals surface area contributed by atoms with E-state index in [4.69, 9.17) is 9.47 Å². The van der Waals surface area contributed by atoms with Crippen LogP contribution in [0.2, 0.25) is 0 Å². The predicted octanol–water partition coefficient (Wildman–Crippen LogP) is 4.41. The molecule has 140 valence electrons. The van der Waals surface area contributed by atoms with Gasteiger partial charge in [0.25, 0.3) is 0 Å². The Morgan fingerprint density at radius 3 is 2.50 bits per heavy atom. The van der Waals surface area contributed by atoms with Crippen LogP contribution in [0.1, 0.15) is 29.3 Å². The Hall–Kier alpha value is -1.57. The van der Waals surface area contributed by atoms with Gasteiger partial charge in [-0.05, 0) is 60.1 Å². The van der Waals surface area contributed by atoms with E-state index in [2.05, 4.69) is 33.0 Å². The van der Waals surface area contributed by atoms with Gasteiger partial charge in [0, 0.05) is 10.4 Å². The topological polar surface area (TPSA) is 59.0 Å². The van der Waals surface area contributed by atoms with E-state index in [-0.39, 0.29) is 12.0 Å². The summed E-state index contributed by atoms with van der Waals surface area (Å²) in [4.78, 5) is 14.8. The van der Waals surface area contributed by atoms with Gasteiger partial charge in [0.1, 0.15) is 0 Å². The van der Waals surface area contributed by atoms with Crippen molar-refractivity contribution in [1.29, 1.82) is 0 Å². The Balaban J connectivity index is 1.99. The lowest BCUT2D eigenvalue weighted by Gasteiger charge is -2.37. The largest absolute Gasteiger partial charge is 0.493 e. The van der Waals surface area contributed by atoms with Crippen LogP contribution in [0.4, 0.5) is 0 Å². The summed E-state index contributed by atoms with van der Waals surface area (Å²) in [6, 6.07) is 10.1. The third-order valence-corrected chi connectivity index (χ3v) is 6.51. The summed E-state index contributed by atoms with van der Waals surface area (Å²) in [5, 5.41) is 9.29. The molecule has 1 aromatic heterocycles. The van der Waals surface area contributed by atoms with Gasteiger partial charge in [0.15, 0.2) is 11.5 Å². The lowest BCUT2D eigenvalue weighted by Crippen LogP contribution is -2.39. The van der Waals surface area contributed by atoms with Crippen molar-refractivity contribution in [2.75, 3.05) is 27.3 Å². The molecule has 1 saturated heterocycles. The lowest BCUT2D eigenvalue weighted by atomic mass is 9.93. The van der Waals surface area contributed by atoms with Crippen molar-refractivity contribution in [1.82, 2.24) is 4.90 Å². The summed E-state index contributed by atoms with van der Waals surface area (Å²) in [6.07, 6.45) is 1.31. The first-order valence-corrected chi connectivity index (χ1v) is 10.1. The van der Waals surface area contributed by atoms with Crippen molar-refractivity contribution in [3.63, 3.8) is 0 Å². The number of halogens is 1. The number of methoxy groups -OCH3 is 2. The molecular formula is C19H22BrNO4S. The predicted molar refractivity (Wildman–Crippen MR) is 105 cm³/mol. The molecule has 1 atom stereocenters. The second-order valence-corrected chi connectivity index (χ2v) is 8.77. The molecule has 26 heavy (non-hydrogen) atoms. The van der Waals surface area contributed by atoms with Crippen molar-refractivity contribution >= 4 is 33.2 Å². The molecule has 1 N–H and O–H groups in total. The summed E-state index contributed by atoms with van der Waals surface area (Å²) in [5.41, 5.74) is 1.04. The molecule has 2 heterocycles. The zero-order chi connectivity index (χ0) is 18.7. The molecule has 0 amide bonds. The Labute approximate surface area is 165 Å². The number of carboxylic acids is 1. The van der Waals surface area contributed by atoms with E-state index in [0.717, 1.165) is 28.2 Å². The van der Waals surface area contributed by atoms with E-state index in [0.29, 0.717) is 18.6 Å². The molecule has 0 radical (unpaired) electrons. The summed E-state index contributed by atoms with van der Waals surface area (Å²) < 4.78 is 12.2. The van der Waals surface area contributed by atoms with E-state index in [1.54, 1.807) is 25.6 Å². The number of aliphatic carboxylic acids is 1. The standard InChI is InChI=1S/C19H22BrNO4S/c1-24-14-5-3-4-13(18(14)25-2)17(15-6-7-16(20)26-15)21-10-8-12(9-11-21)19(22)23/h3-7,12,17H,8-11H2,1-2H3,(H,22,23).